The second-order valence-corrected chi connectivity index (χ2v) is 12.0. The van der Waals surface area contributed by atoms with Gasteiger partial charge in [0.2, 0.25) is 0 Å². The third kappa shape index (κ3) is 7.53. The molecule has 1 atom stereocenters. The standard InChI is InChI=1S/C33H34F4N6O3/c1-32(2,3)46-31(45)39-20-21-8-7-9-24(18-21)43-27(19-28(40-43)33(35,36)37)30(44)42(26-11-6-5-10-25(26)34)29(41(4)23-12-13-23)22-14-16-38-17-15-22/h5-11,14-19,23,29H,12-13,20H2,1-4H3,(H,39,45)/t29-/m0/s1. The van der Waals surface area contributed by atoms with Crippen LogP contribution in [-0.2, 0) is 17.5 Å². The van der Waals surface area contributed by atoms with Crippen molar-refractivity contribution >= 4 is 17.7 Å². The summed E-state index contributed by atoms with van der Waals surface area (Å²) in [5.74, 6) is -1.63. The SMILES string of the molecule is CN(C1CC1)[C@H](c1ccncc1)N(C(=O)c1cc(C(F)(F)F)nn1-c1cccc(CNC(=O)OC(C)(C)C)c1)c1ccccc1F. The van der Waals surface area contributed by atoms with E-state index in [1.54, 1.807) is 58.2 Å². The number of alkyl carbamates (subject to hydrolysis) is 1. The highest BCUT2D eigenvalue weighted by Crippen LogP contribution is 2.39. The van der Waals surface area contributed by atoms with Crippen molar-refractivity contribution in [2.45, 2.75) is 64.1 Å². The van der Waals surface area contributed by atoms with Crippen LogP contribution in [0.4, 0.5) is 28.0 Å². The van der Waals surface area contributed by atoms with Gasteiger partial charge in [-0.05, 0) is 88.2 Å². The first-order chi connectivity index (χ1) is 21.7. The molecule has 0 spiro atoms. The fraction of sp³-hybridized carbons (Fsp3) is 0.333. The van der Waals surface area contributed by atoms with Gasteiger partial charge in [-0.1, -0.05) is 24.3 Å². The highest BCUT2D eigenvalue weighted by Gasteiger charge is 2.42. The molecule has 0 unspecified atom stereocenters. The number of anilines is 1. The number of nitrogens with one attached hydrogen (secondary N) is 1. The topological polar surface area (TPSA) is 92.6 Å². The third-order valence-corrected chi connectivity index (χ3v) is 7.30. The van der Waals surface area contributed by atoms with Crippen LogP contribution in [0.2, 0.25) is 0 Å². The van der Waals surface area contributed by atoms with Gasteiger partial charge in [0.05, 0.1) is 11.4 Å². The van der Waals surface area contributed by atoms with Gasteiger partial charge in [0, 0.05) is 31.0 Å². The minimum atomic E-state index is -4.88. The zero-order valence-electron chi connectivity index (χ0n) is 25.8. The first-order valence-electron chi connectivity index (χ1n) is 14.7. The Bertz CT molecular complexity index is 1700. The number of ether oxygens (including phenoxy) is 1. The maximum atomic E-state index is 15.5. The fourth-order valence-electron chi connectivity index (χ4n) is 5.06. The molecule has 1 aliphatic rings. The zero-order chi connectivity index (χ0) is 33.2. The quantitative estimate of drug-likeness (QED) is 0.159. The summed E-state index contributed by atoms with van der Waals surface area (Å²) in [6.07, 6.45) is -1.67. The van der Waals surface area contributed by atoms with Crippen LogP contribution < -0.4 is 10.2 Å². The number of carbonyl (C=O) groups is 2. The van der Waals surface area contributed by atoms with Gasteiger partial charge in [-0.25, -0.2) is 13.9 Å². The van der Waals surface area contributed by atoms with E-state index in [0.717, 1.165) is 17.5 Å². The predicted molar refractivity (Wildman–Crippen MR) is 163 cm³/mol. The van der Waals surface area contributed by atoms with E-state index in [1.165, 1.54) is 47.6 Å². The summed E-state index contributed by atoms with van der Waals surface area (Å²) < 4.78 is 64.0. The summed E-state index contributed by atoms with van der Waals surface area (Å²) in [6.45, 7) is 5.15. The van der Waals surface area contributed by atoms with Crippen LogP contribution in [0.3, 0.4) is 0 Å². The Morgan fingerprint density at radius 2 is 1.72 bits per heavy atom. The van der Waals surface area contributed by atoms with E-state index in [1.807, 2.05) is 4.90 Å². The number of amides is 2. The van der Waals surface area contributed by atoms with Gasteiger partial charge in [0.25, 0.3) is 5.91 Å². The third-order valence-electron chi connectivity index (χ3n) is 7.30. The Labute approximate surface area is 263 Å². The number of pyridine rings is 1. The molecule has 46 heavy (non-hydrogen) atoms. The normalized spacial score (nSPS) is 14.2. The van der Waals surface area contributed by atoms with Crippen LogP contribution in [0.25, 0.3) is 5.69 Å². The van der Waals surface area contributed by atoms with Crippen molar-refractivity contribution in [2.24, 2.45) is 0 Å². The van der Waals surface area contributed by atoms with Crippen LogP contribution in [0.5, 0.6) is 0 Å². The number of nitrogens with zero attached hydrogens (tertiary/aromatic N) is 5. The molecule has 13 heteroatoms. The molecule has 9 nitrogen and oxygen atoms in total. The summed E-state index contributed by atoms with van der Waals surface area (Å²) in [4.78, 5) is 34.0. The Balaban J connectivity index is 1.61. The molecule has 2 heterocycles. The molecule has 1 fully saturated rings. The molecule has 0 saturated heterocycles. The van der Waals surface area contributed by atoms with Gasteiger partial charge in [-0.2, -0.15) is 18.3 Å². The average molecular weight is 639 g/mol. The number of hydrogen-bond donors (Lipinski definition) is 1. The van der Waals surface area contributed by atoms with Crippen LogP contribution in [0.15, 0.2) is 79.1 Å². The first-order valence-corrected chi connectivity index (χ1v) is 14.7. The fourth-order valence-corrected chi connectivity index (χ4v) is 5.06. The summed E-state index contributed by atoms with van der Waals surface area (Å²) in [7, 11) is 1.80. The smallest absolute Gasteiger partial charge is 0.435 e. The van der Waals surface area contributed by atoms with Crippen LogP contribution in [0.1, 0.15) is 67.1 Å². The summed E-state index contributed by atoms with van der Waals surface area (Å²) in [6, 6.07) is 16.0. The molecular formula is C33H34F4N6O3. The van der Waals surface area contributed by atoms with Gasteiger partial charge in [-0.15, -0.1) is 0 Å². The van der Waals surface area contributed by atoms with Gasteiger partial charge >= 0.3 is 12.3 Å². The lowest BCUT2D eigenvalue weighted by molar-refractivity contribution is -0.141. The van der Waals surface area contributed by atoms with Gasteiger partial charge in [-0.3, -0.25) is 19.6 Å². The first kappa shape index (κ1) is 32.6. The number of hydrogen-bond acceptors (Lipinski definition) is 6. The lowest BCUT2D eigenvalue weighted by Gasteiger charge is -2.38. The van der Waals surface area contributed by atoms with Crippen molar-refractivity contribution in [3.05, 3.63) is 107 Å². The van der Waals surface area contributed by atoms with E-state index < -0.39 is 47.1 Å². The van der Waals surface area contributed by atoms with E-state index >= 15 is 4.39 Å². The predicted octanol–water partition coefficient (Wildman–Crippen LogP) is 6.89. The molecule has 0 aliphatic heterocycles. The minimum Gasteiger partial charge on any atom is -0.444 e. The van der Waals surface area contributed by atoms with E-state index in [0.29, 0.717) is 17.2 Å². The lowest BCUT2D eigenvalue weighted by atomic mass is 10.1. The van der Waals surface area contributed by atoms with E-state index in [4.69, 9.17) is 4.74 Å². The maximum absolute atomic E-state index is 15.5. The zero-order valence-corrected chi connectivity index (χ0v) is 25.8. The number of rotatable bonds is 9. The Morgan fingerprint density at radius 3 is 2.35 bits per heavy atom. The van der Waals surface area contributed by atoms with Crippen molar-refractivity contribution in [3.63, 3.8) is 0 Å². The molecular weight excluding hydrogens is 604 g/mol. The van der Waals surface area contributed by atoms with Crippen LogP contribution in [-0.4, -0.2) is 50.4 Å². The highest BCUT2D eigenvalue weighted by molar-refractivity contribution is 6.06. The van der Waals surface area contributed by atoms with E-state index in [2.05, 4.69) is 15.4 Å². The molecule has 2 aromatic heterocycles. The number of aromatic nitrogens is 3. The molecule has 2 amide bonds. The number of para-hydroxylation sites is 1. The molecule has 0 bridgehead atoms. The monoisotopic (exact) mass is 638 g/mol. The second kappa shape index (κ2) is 12.9. The largest absolute Gasteiger partial charge is 0.444 e. The number of carbonyl (C=O) groups excluding carboxylic acids is 2. The van der Waals surface area contributed by atoms with Gasteiger partial charge in [0.15, 0.2) is 5.69 Å². The van der Waals surface area contributed by atoms with Crippen molar-refractivity contribution in [1.29, 1.82) is 0 Å². The van der Waals surface area contributed by atoms with Crippen molar-refractivity contribution in [1.82, 2.24) is 25.0 Å². The average Bonchev–Trinajstić information content (AvgIpc) is 3.75. The highest BCUT2D eigenvalue weighted by atomic mass is 19.4. The lowest BCUT2D eigenvalue weighted by Crippen LogP contribution is -2.45. The summed E-state index contributed by atoms with van der Waals surface area (Å²) >= 11 is 0. The Hall–Kier alpha value is -4.78. The molecule has 1 aliphatic carbocycles. The molecule has 0 radical (unpaired) electrons. The number of halogens is 4. The molecule has 2 aromatic carbocycles. The van der Waals surface area contributed by atoms with Crippen molar-refractivity contribution in [2.75, 3.05) is 11.9 Å². The van der Waals surface area contributed by atoms with Gasteiger partial charge in [0.1, 0.15) is 23.3 Å². The maximum Gasteiger partial charge on any atom is 0.435 e. The van der Waals surface area contributed by atoms with E-state index in [-0.39, 0.29) is 24.0 Å². The molecule has 5 rings (SSSR count). The number of alkyl halides is 3. The molecule has 1 saturated carbocycles. The number of benzene rings is 2. The summed E-state index contributed by atoms with van der Waals surface area (Å²) in [5, 5.41) is 6.41. The molecule has 242 valence electrons. The second-order valence-electron chi connectivity index (χ2n) is 12.0. The Morgan fingerprint density at radius 1 is 1.02 bits per heavy atom. The van der Waals surface area contributed by atoms with Crippen molar-refractivity contribution < 1.29 is 31.9 Å². The van der Waals surface area contributed by atoms with Gasteiger partial charge < -0.3 is 10.1 Å². The van der Waals surface area contributed by atoms with Crippen molar-refractivity contribution in [3.8, 4) is 5.69 Å². The molecule has 1 N–H and O–H groups in total. The summed E-state index contributed by atoms with van der Waals surface area (Å²) in [5.41, 5.74) is -1.33. The van der Waals surface area contributed by atoms with Crippen LogP contribution in [0, 0.1) is 5.82 Å². The van der Waals surface area contributed by atoms with E-state index in [9.17, 15) is 22.8 Å². The Kier molecular flexibility index (Phi) is 9.15. The van der Waals surface area contributed by atoms with Crippen LogP contribution >= 0.6 is 0 Å². The minimum absolute atomic E-state index is 0.00290. The molecule has 4 aromatic rings.